The van der Waals surface area contributed by atoms with Gasteiger partial charge in [-0.15, -0.1) is 0 Å². The maximum atomic E-state index is 5.73. The third-order valence-electron chi connectivity index (χ3n) is 2.84. The van der Waals surface area contributed by atoms with E-state index in [2.05, 4.69) is 43.8 Å². The van der Waals surface area contributed by atoms with Gasteiger partial charge in [-0.3, -0.25) is 30.0 Å². The number of hydroxylamine groups is 3. The minimum atomic E-state index is -3.24. The predicted octanol–water partition coefficient (Wildman–Crippen LogP) is 4.16. The molecule has 24 heavy (non-hydrogen) atoms. The summed E-state index contributed by atoms with van der Waals surface area (Å²) in [6.45, 7) is 15.7. The Morgan fingerprint density at radius 1 is 0.750 bits per heavy atom. The third-order valence-corrected chi connectivity index (χ3v) is 4.50. The minimum absolute atomic E-state index is 0.880. The molecule has 6 nitrogen and oxygen atoms in total. The van der Waals surface area contributed by atoms with Crippen LogP contribution in [0.3, 0.4) is 0 Å². The van der Waals surface area contributed by atoms with E-state index >= 15 is 0 Å². The summed E-state index contributed by atoms with van der Waals surface area (Å²) in [4.78, 5) is 0. The highest BCUT2D eigenvalue weighted by molar-refractivity contribution is 6.65. The van der Waals surface area contributed by atoms with Crippen LogP contribution in [0.1, 0.15) is 60.8 Å². The lowest BCUT2D eigenvalue weighted by Crippen LogP contribution is -2.53. The van der Waals surface area contributed by atoms with Crippen LogP contribution in [0.5, 0.6) is 0 Å². The Kier molecular flexibility index (Phi) is 12.0. The molecule has 0 aliphatic carbocycles. The molecule has 0 rings (SSSR count). The molecule has 0 radical (unpaired) electrons. The summed E-state index contributed by atoms with van der Waals surface area (Å²) in [5, 5.41) is 0. The van der Waals surface area contributed by atoms with Gasteiger partial charge in [-0.1, -0.05) is 45.6 Å². The van der Waals surface area contributed by atoms with Crippen LogP contribution in [0.15, 0.2) is 47.6 Å². The fourth-order valence-corrected chi connectivity index (χ4v) is 2.97. The molecule has 0 spiro atoms. The summed E-state index contributed by atoms with van der Waals surface area (Å²) < 4.78 is 17.2. The van der Waals surface area contributed by atoms with Crippen molar-refractivity contribution in [3.8, 4) is 0 Å². The molecule has 0 bridgehead atoms. The zero-order valence-corrected chi connectivity index (χ0v) is 16.9. The smallest absolute Gasteiger partial charge is 0.278 e. The molecule has 3 N–H and O–H groups in total. The SMILES string of the molecule is C=C[Si](ONC(C)=CCC)(ONC(C)=CCC)ONC(C)=CCC. The van der Waals surface area contributed by atoms with Crippen molar-refractivity contribution in [2.75, 3.05) is 0 Å². The second kappa shape index (κ2) is 12.8. The normalized spacial score (nSPS) is 15.7. The van der Waals surface area contributed by atoms with E-state index in [-0.39, 0.29) is 0 Å². The van der Waals surface area contributed by atoms with Crippen molar-refractivity contribution in [3.05, 3.63) is 47.6 Å². The van der Waals surface area contributed by atoms with E-state index < -0.39 is 8.80 Å². The van der Waals surface area contributed by atoms with E-state index in [4.69, 9.17) is 13.6 Å². The van der Waals surface area contributed by atoms with Crippen LogP contribution in [0.25, 0.3) is 0 Å². The van der Waals surface area contributed by atoms with Gasteiger partial charge < -0.3 is 0 Å². The Morgan fingerprint density at radius 3 is 1.25 bits per heavy atom. The molecule has 0 fully saturated rings. The van der Waals surface area contributed by atoms with Crippen molar-refractivity contribution in [1.82, 2.24) is 16.4 Å². The number of hydrogen-bond acceptors (Lipinski definition) is 6. The fraction of sp³-hybridized carbons (Fsp3) is 0.529. The molecule has 0 amide bonds. The Hall–Kier alpha value is -1.54. The Balaban J connectivity index is 5.05. The molecule has 138 valence electrons. The van der Waals surface area contributed by atoms with Crippen LogP contribution in [0.4, 0.5) is 0 Å². The van der Waals surface area contributed by atoms with E-state index in [1.807, 2.05) is 39.0 Å². The number of nitrogens with one attached hydrogen (secondary N) is 3. The monoisotopic (exact) mass is 355 g/mol. The Morgan fingerprint density at radius 2 is 1.04 bits per heavy atom. The van der Waals surface area contributed by atoms with Crippen molar-refractivity contribution in [3.63, 3.8) is 0 Å². The van der Waals surface area contributed by atoms with Crippen molar-refractivity contribution in [2.45, 2.75) is 60.8 Å². The average molecular weight is 356 g/mol. The van der Waals surface area contributed by atoms with Crippen LogP contribution < -0.4 is 16.4 Å². The summed E-state index contributed by atoms with van der Waals surface area (Å²) in [6.07, 6.45) is 8.73. The van der Waals surface area contributed by atoms with Gasteiger partial charge in [0.1, 0.15) is 0 Å². The standard InChI is InChI=1S/C17H33N3O3Si/c1-8-12-15(5)18-21-24(11-4,22-19-16(6)13-9-2)23-20-17(7)14-10-3/h11-14,18-20H,4,8-10H2,1-3,5-7H3. The molecule has 0 saturated carbocycles. The van der Waals surface area contributed by atoms with Crippen LogP contribution in [0.2, 0.25) is 0 Å². The van der Waals surface area contributed by atoms with Gasteiger partial charge in [-0.05, 0) is 45.7 Å². The first kappa shape index (κ1) is 22.5. The van der Waals surface area contributed by atoms with Gasteiger partial charge in [0.05, 0.1) is 0 Å². The zero-order valence-electron chi connectivity index (χ0n) is 15.9. The lowest BCUT2D eigenvalue weighted by atomic mass is 10.4. The maximum absolute atomic E-state index is 5.73. The van der Waals surface area contributed by atoms with E-state index in [1.54, 1.807) is 5.70 Å². The van der Waals surface area contributed by atoms with Crippen LogP contribution >= 0.6 is 0 Å². The first-order chi connectivity index (χ1) is 11.4. The molecule has 0 heterocycles. The average Bonchev–Trinajstić information content (AvgIpc) is 2.55. The molecule has 0 aromatic rings. The minimum Gasteiger partial charge on any atom is -0.278 e. The lowest BCUT2D eigenvalue weighted by molar-refractivity contribution is -0.00587. The Labute approximate surface area is 147 Å². The van der Waals surface area contributed by atoms with Gasteiger partial charge in [-0.25, -0.2) is 0 Å². The first-order valence-corrected chi connectivity index (χ1v) is 10.2. The van der Waals surface area contributed by atoms with Crippen molar-refractivity contribution >= 4 is 8.80 Å². The molecule has 0 unspecified atom stereocenters. The molecule has 7 heteroatoms. The van der Waals surface area contributed by atoms with Gasteiger partial charge in [0.25, 0.3) is 0 Å². The number of rotatable bonds is 13. The molecule has 0 aliphatic rings. The second-order valence-electron chi connectivity index (χ2n) is 5.31. The van der Waals surface area contributed by atoms with Crippen LogP contribution in [-0.4, -0.2) is 8.80 Å². The third kappa shape index (κ3) is 9.56. The van der Waals surface area contributed by atoms with Crippen LogP contribution in [-0.2, 0) is 13.6 Å². The zero-order chi connectivity index (χ0) is 18.4. The van der Waals surface area contributed by atoms with E-state index in [1.165, 1.54) is 0 Å². The molecule has 0 aromatic carbocycles. The lowest BCUT2D eigenvalue weighted by Gasteiger charge is -2.27. The van der Waals surface area contributed by atoms with Gasteiger partial charge >= 0.3 is 8.80 Å². The van der Waals surface area contributed by atoms with Crippen molar-refractivity contribution in [2.24, 2.45) is 0 Å². The van der Waals surface area contributed by atoms with Gasteiger partial charge in [0, 0.05) is 17.1 Å². The second-order valence-corrected chi connectivity index (χ2v) is 7.53. The highest BCUT2D eigenvalue weighted by atomic mass is 28.4. The maximum Gasteiger partial charge on any atom is 0.594 e. The molecular formula is C17H33N3O3Si. The summed E-state index contributed by atoms with van der Waals surface area (Å²) in [5.74, 6) is 0. The largest absolute Gasteiger partial charge is 0.594 e. The fourth-order valence-electron chi connectivity index (χ4n) is 1.69. The van der Waals surface area contributed by atoms with E-state index in [0.29, 0.717) is 0 Å². The molecule has 0 saturated heterocycles. The van der Waals surface area contributed by atoms with Crippen molar-refractivity contribution in [1.29, 1.82) is 0 Å². The van der Waals surface area contributed by atoms with Gasteiger partial charge in [0.15, 0.2) is 0 Å². The number of allylic oxidation sites excluding steroid dienone is 6. The highest BCUT2D eigenvalue weighted by Gasteiger charge is 2.42. The topological polar surface area (TPSA) is 63.8 Å². The summed E-state index contributed by atoms with van der Waals surface area (Å²) in [6, 6.07) is 0. The molecular weight excluding hydrogens is 322 g/mol. The first-order valence-electron chi connectivity index (χ1n) is 8.38. The summed E-state index contributed by atoms with van der Waals surface area (Å²) in [7, 11) is -3.24. The van der Waals surface area contributed by atoms with E-state index in [9.17, 15) is 0 Å². The quantitative estimate of drug-likeness (QED) is 0.341. The Bertz CT molecular complexity index is 402. The van der Waals surface area contributed by atoms with E-state index in [0.717, 1.165) is 36.4 Å². The van der Waals surface area contributed by atoms with Gasteiger partial charge in [0.2, 0.25) is 0 Å². The van der Waals surface area contributed by atoms with Crippen LogP contribution in [0, 0.1) is 0 Å². The molecule has 0 aromatic heterocycles. The molecule has 0 atom stereocenters. The highest BCUT2D eigenvalue weighted by Crippen LogP contribution is 2.10. The summed E-state index contributed by atoms with van der Waals surface area (Å²) in [5.41, 5.74) is 12.8. The van der Waals surface area contributed by atoms with Crippen molar-refractivity contribution < 1.29 is 13.6 Å². The predicted molar refractivity (Wildman–Crippen MR) is 101 cm³/mol. The van der Waals surface area contributed by atoms with Gasteiger partial charge in [-0.2, -0.15) is 0 Å². The molecule has 0 aliphatic heterocycles. The summed E-state index contributed by atoms with van der Waals surface area (Å²) >= 11 is 0. The number of hydrogen-bond donors (Lipinski definition) is 3.